The zero-order valence-electron chi connectivity index (χ0n) is 11.3. The molecule has 1 aromatic heterocycles. The molecule has 0 fully saturated rings. The Balaban J connectivity index is 2.86. The van der Waals surface area contributed by atoms with Crippen LogP contribution in [-0.4, -0.2) is 11.5 Å². The van der Waals surface area contributed by atoms with Crippen molar-refractivity contribution in [3.8, 4) is 0 Å². The zero-order chi connectivity index (χ0) is 12.9. The summed E-state index contributed by atoms with van der Waals surface area (Å²) in [4.78, 5) is 3.80. The van der Waals surface area contributed by atoms with Crippen molar-refractivity contribution < 1.29 is 4.39 Å². The van der Waals surface area contributed by atoms with Crippen LogP contribution in [0.4, 0.5) is 4.39 Å². The molecule has 3 heteroatoms. The van der Waals surface area contributed by atoms with Gasteiger partial charge in [0.25, 0.3) is 0 Å². The summed E-state index contributed by atoms with van der Waals surface area (Å²) in [5.74, 6) is -0.217. The van der Waals surface area contributed by atoms with Gasteiger partial charge in [-0.25, -0.2) is 4.39 Å². The van der Waals surface area contributed by atoms with Gasteiger partial charge in [0.2, 0.25) is 0 Å². The van der Waals surface area contributed by atoms with Gasteiger partial charge in [-0.3, -0.25) is 4.98 Å². The second-order valence-electron chi connectivity index (χ2n) is 5.67. The van der Waals surface area contributed by atoms with Crippen molar-refractivity contribution in [2.45, 2.75) is 46.6 Å². The van der Waals surface area contributed by atoms with Crippen LogP contribution in [0.1, 0.15) is 52.1 Å². The van der Waals surface area contributed by atoms with Gasteiger partial charge >= 0.3 is 0 Å². The average Bonchev–Trinajstić information content (AvgIpc) is 2.23. The first-order valence-electron chi connectivity index (χ1n) is 6.27. The summed E-state index contributed by atoms with van der Waals surface area (Å²) >= 11 is 0. The first-order valence-corrected chi connectivity index (χ1v) is 6.27. The van der Waals surface area contributed by atoms with Crippen LogP contribution >= 0.6 is 0 Å². The average molecular weight is 238 g/mol. The molecule has 0 aliphatic rings. The predicted molar refractivity (Wildman–Crippen MR) is 69.3 cm³/mol. The van der Waals surface area contributed by atoms with Crippen LogP contribution < -0.4 is 5.32 Å². The maximum absolute atomic E-state index is 13.7. The lowest BCUT2D eigenvalue weighted by Crippen LogP contribution is -2.27. The zero-order valence-corrected chi connectivity index (χ0v) is 11.3. The van der Waals surface area contributed by atoms with Crippen molar-refractivity contribution >= 4 is 0 Å². The molecule has 0 aromatic carbocycles. The molecule has 0 amide bonds. The van der Waals surface area contributed by atoms with Crippen molar-refractivity contribution in [1.29, 1.82) is 0 Å². The normalized spacial score (nSPS) is 13.7. The van der Waals surface area contributed by atoms with E-state index < -0.39 is 0 Å². The molecule has 0 spiro atoms. The molecule has 2 nitrogen and oxygen atoms in total. The van der Waals surface area contributed by atoms with Crippen LogP contribution in [0, 0.1) is 11.2 Å². The fraction of sp³-hybridized carbons (Fsp3) is 0.643. The molecule has 1 rings (SSSR count). The van der Waals surface area contributed by atoms with E-state index in [-0.39, 0.29) is 17.3 Å². The summed E-state index contributed by atoms with van der Waals surface area (Å²) in [5.41, 5.74) is 0.893. The maximum Gasteiger partial charge on any atom is 0.146 e. The standard InChI is InChI=1S/C14H23FN2/c1-5-7-17-13(9-14(2,3)4)11-6-8-16-10-12(11)15/h6,8,10,13,17H,5,7,9H2,1-4H3. The summed E-state index contributed by atoms with van der Waals surface area (Å²) in [6.45, 7) is 9.54. The van der Waals surface area contributed by atoms with Gasteiger partial charge in [-0.15, -0.1) is 0 Å². The quantitative estimate of drug-likeness (QED) is 0.846. The SMILES string of the molecule is CCCNC(CC(C)(C)C)c1ccncc1F. The molecule has 0 saturated carbocycles. The number of pyridine rings is 1. The topological polar surface area (TPSA) is 24.9 Å². The molecule has 1 heterocycles. The summed E-state index contributed by atoms with van der Waals surface area (Å²) in [6.07, 6.45) is 4.90. The summed E-state index contributed by atoms with van der Waals surface area (Å²) in [7, 11) is 0. The van der Waals surface area contributed by atoms with E-state index in [2.05, 4.69) is 38.0 Å². The molecule has 0 radical (unpaired) electrons. The lowest BCUT2D eigenvalue weighted by Gasteiger charge is -2.27. The van der Waals surface area contributed by atoms with Crippen molar-refractivity contribution in [3.63, 3.8) is 0 Å². The largest absolute Gasteiger partial charge is 0.310 e. The number of nitrogens with one attached hydrogen (secondary N) is 1. The Bertz CT molecular complexity index is 344. The van der Waals surface area contributed by atoms with Gasteiger partial charge in [-0.05, 0) is 30.9 Å². The van der Waals surface area contributed by atoms with Gasteiger partial charge in [0.05, 0.1) is 6.20 Å². The molecule has 0 bridgehead atoms. The van der Waals surface area contributed by atoms with E-state index in [4.69, 9.17) is 0 Å². The monoisotopic (exact) mass is 238 g/mol. The molecule has 0 saturated heterocycles. The molecular weight excluding hydrogens is 215 g/mol. The lowest BCUT2D eigenvalue weighted by molar-refractivity contribution is 0.307. The molecule has 17 heavy (non-hydrogen) atoms. The molecule has 0 aliphatic heterocycles. The van der Waals surface area contributed by atoms with E-state index in [1.54, 1.807) is 12.3 Å². The Kier molecular flexibility index (Phi) is 5.06. The first kappa shape index (κ1) is 14.1. The van der Waals surface area contributed by atoms with E-state index >= 15 is 0 Å². The Morgan fingerprint density at radius 2 is 2.12 bits per heavy atom. The summed E-state index contributed by atoms with van der Waals surface area (Å²) in [6, 6.07) is 1.84. The number of hydrogen-bond acceptors (Lipinski definition) is 2. The van der Waals surface area contributed by atoms with Gasteiger partial charge < -0.3 is 5.32 Å². The third-order valence-electron chi connectivity index (χ3n) is 2.64. The third-order valence-corrected chi connectivity index (χ3v) is 2.64. The maximum atomic E-state index is 13.7. The minimum Gasteiger partial charge on any atom is -0.310 e. The second kappa shape index (κ2) is 6.10. The van der Waals surface area contributed by atoms with Crippen LogP contribution in [0.25, 0.3) is 0 Å². The van der Waals surface area contributed by atoms with Crippen LogP contribution in [-0.2, 0) is 0 Å². The molecule has 0 aliphatic carbocycles. The second-order valence-corrected chi connectivity index (χ2v) is 5.67. The lowest BCUT2D eigenvalue weighted by atomic mass is 9.85. The Hall–Kier alpha value is -0.960. The van der Waals surface area contributed by atoms with Crippen molar-refractivity contribution in [2.24, 2.45) is 5.41 Å². The van der Waals surface area contributed by atoms with Gasteiger partial charge in [-0.2, -0.15) is 0 Å². The minimum absolute atomic E-state index is 0.0675. The van der Waals surface area contributed by atoms with Gasteiger partial charge in [0.15, 0.2) is 0 Å². The number of aromatic nitrogens is 1. The number of nitrogens with zero attached hydrogens (tertiary/aromatic N) is 1. The van der Waals surface area contributed by atoms with Crippen molar-refractivity contribution in [3.05, 3.63) is 29.8 Å². The van der Waals surface area contributed by atoms with Gasteiger partial charge in [0, 0.05) is 17.8 Å². The highest BCUT2D eigenvalue weighted by atomic mass is 19.1. The Labute approximate surface area is 104 Å². The number of hydrogen-bond donors (Lipinski definition) is 1. The molecule has 96 valence electrons. The molecule has 1 N–H and O–H groups in total. The van der Waals surface area contributed by atoms with Crippen LogP contribution in [0.15, 0.2) is 18.5 Å². The first-order chi connectivity index (χ1) is 7.94. The highest BCUT2D eigenvalue weighted by Crippen LogP contribution is 2.30. The fourth-order valence-electron chi connectivity index (χ4n) is 1.89. The summed E-state index contributed by atoms with van der Waals surface area (Å²) in [5, 5.41) is 3.42. The van der Waals surface area contributed by atoms with E-state index in [0.29, 0.717) is 0 Å². The minimum atomic E-state index is -0.217. The van der Waals surface area contributed by atoms with Crippen LogP contribution in [0.2, 0.25) is 0 Å². The van der Waals surface area contributed by atoms with E-state index in [9.17, 15) is 4.39 Å². The van der Waals surface area contributed by atoms with E-state index in [1.807, 2.05) is 0 Å². The summed E-state index contributed by atoms with van der Waals surface area (Å²) < 4.78 is 13.7. The van der Waals surface area contributed by atoms with Crippen molar-refractivity contribution in [1.82, 2.24) is 10.3 Å². The molecular formula is C14H23FN2. The predicted octanol–water partition coefficient (Wildman–Crippen LogP) is 3.70. The van der Waals surface area contributed by atoms with Crippen molar-refractivity contribution in [2.75, 3.05) is 6.54 Å². The highest BCUT2D eigenvalue weighted by Gasteiger charge is 2.21. The highest BCUT2D eigenvalue weighted by molar-refractivity contribution is 5.17. The van der Waals surface area contributed by atoms with Crippen LogP contribution in [0.5, 0.6) is 0 Å². The third kappa shape index (κ3) is 4.82. The molecule has 1 unspecified atom stereocenters. The number of rotatable bonds is 5. The van der Waals surface area contributed by atoms with E-state index in [0.717, 1.165) is 24.9 Å². The Morgan fingerprint density at radius 1 is 1.41 bits per heavy atom. The van der Waals surface area contributed by atoms with E-state index in [1.165, 1.54) is 6.20 Å². The van der Waals surface area contributed by atoms with Crippen LogP contribution in [0.3, 0.4) is 0 Å². The van der Waals surface area contributed by atoms with Gasteiger partial charge in [-0.1, -0.05) is 27.7 Å². The fourth-order valence-corrected chi connectivity index (χ4v) is 1.89. The Morgan fingerprint density at radius 3 is 2.65 bits per heavy atom. The molecule has 1 aromatic rings. The van der Waals surface area contributed by atoms with Gasteiger partial charge in [0.1, 0.15) is 5.82 Å². The smallest absolute Gasteiger partial charge is 0.146 e. The number of halogens is 1. The molecule has 1 atom stereocenters.